The predicted octanol–water partition coefficient (Wildman–Crippen LogP) is 3.81. The van der Waals surface area contributed by atoms with Gasteiger partial charge in [0.15, 0.2) is 0 Å². The van der Waals surface area contributed by atoms with Crippen molar-refractivity contribution in [1.29, 1.82) is 0 Å². The second kappa shape index (κ2) is 5.24. The van der Waals surface area contributed by atoms with Crippen molar-refractivity contribution in [2.45, 2.75) is 12.7 Å². The van der Waals surface area contributed by atoms with Crippen LogP contribution in [0.1, 0.15) is 11.3 Å². The normalized spacial score (nSPS) is 11.6. The summed E-state index contributed by atoms with van der Waals surface area (Å²) in [5.41, 5.74) is 0.601. The summed E-state index contributed by atoms with van der Waals surface area (Å²) in [5, 5.41) is 2.96. The van der Waals surface area contributed by atoms with Gasteiger partial charge in [-0.2, -0.15) is 13.2 Å². The second-order valence-electron chi connectivity index (χ2n) is 4.04. The Morgan fingerprint density at radius 3 is 2.68 bits per heavy atom. The summed E-state index contributed by atoms with van der Waals surface area (Å²) in [6.45, 7) is 0.399. The van der Waals surface area contributed by atoms with Gasteiger partial charge in [-0.15, -0.1) is 0 Å². The van der Waals surface area contributed by atoms with Crippen LogP contribution >= 0.6 is 15.9 Å². The molecular formula is C12H11BrF3N3. The summed E-state index contributed by atoms with van der Waals surface area (Å²) < 4.78 is 40.2. The number of halogens is 4. The Labute approximate surface area is 116 Å². The van der Waals surface area contributed by atoms with Crippen molar-refractivity contribution in [1.82, 2.24) is 9.55 Å². The Morgan fingerprint density at radius 1 is 1.37 bits per heavy atom. The number of alkyl halides is 3. The van der Waals surface area contributed by atoms with E-state index in [-0.39, 0.29) is 0 Å². The van der Waals surface area contributed by atoms with Gasteiger partial charge < -0.3 is 9.88 Å². The van der Waals surface area contributed by atoms with Crippen molar-refractivity contribution < 1.29 is 13.2 Å². The fourth-order valence-corrected chi connectivity index (χ4v) is 1.96. The number of imidazole rings is 1. The number of aryl methyl sites for hydroxylation is 1. The van der Waals surface area contributed by atoms with E-state index < -0.39 is 11.7 Å². The molecule has 0 fully saturated rings. The van der Waals surface area contributed by atoms with Crippen molar-refractivity contribution >= 4 is 21.6 Å². The molecule has 0 atom stereocenters. The number of benzene rings is 1. The molecule has 0 radical (unpaired) electrons. The highest BCUT2D eigenvalue weighted by molar-refractivity contribution is 9.10. The minimum atomic E-state index is -4.34. The largest absolute Gasteiger partial charge is 0.416 e. The van der Waals surface area contributed by atoms with Crippen LogP contribution in [-0.2, 0) is 19.8 Å². The number of hydrogen-bond donors (Lipinski definition) is 1. The van der Waals surface area contributed by atoms with E-state index in [1.807, 2.05) is 7.05 Å². The molecular weight excluding hydrogens is 323 g/mol. The van der Waals surface area contributed by atoms with Crippen molar-refractivity contribution in [2.75, 3.05) is 5.32 Å². The minimum Gasteiger partial charge on any atom is -0.378 e. The molecule has 0 aliphatic heterocycles. The number of anilines is 1. The number of aromatic nitrogens is 2. The maximum atomic E-state index is 12.6. The van der Waals surface area contributed by atoms with E-state index >= 15 is 0 Å². The predicted molar refractivity (Wildman–Crippen MR) is 69.7 cm³/mol. The maximum Gasteiger partial charge on any atom is 0.416 e. The summed E-state index contributed by atoms with van der Waals surface area (Å²) in [4.78, 5) is 3.94. The van der Waals surface area contributed by atoms with E-state index in [1.165, 1.54) is 6.07 Å². The van der Waals surface area contributed by atoms with Gasteiger partial charge in [0.2, 0.25) is 0 Å². The van der Waals surface area contributed by atoms with Gasteiger partial charge in [-0.1, -0.05) is 0 Å². The molecule has 19 heavy (non-hydrogen) atoms. The third-order valence-corrected chi connectivity index (χ3v) is 3.36. The summed E-state index contributed by atoms with van der Waals surface area (Å²) in [6, 6.07) is 3.51. The summed E-state index contributed by atoms with van der Waals surface area (Å²) >= 11 is 3.23. The molecule has 1 aromatic carbocycles. The molecule has 0 amide bonds. The van der Waals surface area contributed by atoms with E-state index in [0.717, 1.165) is 17.8 Å². The first kappa shape index (κ1) is 13.9. The lowest BCUT2D eigenvalue weighted by molar-refractivity contribution is -0.137. The van der Waals surface area contributed by atoms with E-state index in [9.17, 15) is 13.2 Å². The lowest BCUT2D eigenvalue weighted by Crippen LogP contribution is -2.08. The minimum absolute atomic E-state index is 0.399. The molecule has 1 aromatic heterocycles. The average Bonchev–Trinajstić information content (AvgIpc) is 2.72. The van der Waals surface area contributed by atoms with Crippen molar-refractivity contribution in [3.8, 4) is 0 Å². The molecule has 0 aliphatic carbocycles. The summed E-state index contributed by atoms with van der Waals surface area (Å²) in [6.07, 6.45) is -1.05. The Bertz CT molecular complexity index is 578. The molecule has 2 rings (SSSR count). The van der Waals surface area contributed by atoms with Crippen LogP contribution in [0, 0.1) is 0 Å². The zero-order chi connectivity index (χ0) is 14.0. The Morgan fingerprint density at radius 2 is 2.11 bits per heavy atom. The van der Waals surface area contributed by atoms with E-state index in [0.29, 0.717) is 16.7 Å². The zero-order valence-corrected chi connectivity index (χ0v) is 11.6. The summed E-state index contributed by atoms with van der Waals surface area (Å²) in [7, 11) is 1.82. The topological polar surface area (TPSA) is 29.9 Å². The van der Waals surface area contributed by atoms with E-state index in [4.69, 9.17) is 0 Å². The SMILES string of the molecule is Cn1cncc1CNc1cc(C(F)(F)F)ccc1Br. The van der Waals surface area contributed by atoms with E-state index in [2.05, 4.69) is 26.2 Å². The van der Waals surface area contributed by atoms with Crippen LogP contribution in [0.15, 0.2) is 35.2 Å². The number of hydrogen-bond acceptors (Lipinski definition) is 2. The second-order valence-corrected chi connectivity index (χ2v) is 4.90. The quantitative estimate of drug-likeness (QED) is 0.925. The molecule has 0 saturated carbocycles. The van der Waals surface area contributed by atoms with E-state index in [1.54, 1.807) is 17.1 Å². The molecule has 0 unspecified atom stereocenters. The van der Waals surface area contributed by atoms with Crippen LogP contribution in [0.4, 0.5) is 18.9 Å². The molecule has 0 saturated heterocycles. The van der Waals surface area contributed by atoms with Gasteiger partial charge in [0.1, 0.15) is 0 Å². The number of rotatable bonds is 3. The molecule has 3 nitrogen and oxygen atoms in total. The Balaban J connectivity index is 2.18. The number of nitrogens with zero attached hydrogens (tertiary/aromatic N) is 2. The first-order chi connectivity index (χ1) is 8.88. The van der Waals surface area contributed by atoms with Crippen LogP contribution in [0.2, 0.25) is 0 Å². The van der Waals surface area contributed by atoms with Gasteiger partial charge in [0.05, 0.1) is 24.1 Å². The van der Waals surface area contributed by atoms with Crippen LogP contribution in [-0.4, -0.2) is 9.55 Å². The summed E-state index contributed by atoms with van der Waals surface area (Å²) in [5.74, 6) is 0. The molecule has 2 aromatic rings. The van der Waals surface area contributed by atoms with Crippen molar-refractivity contribution in [2.24, 2.45) is 7.05 Å². The van der Waals surface area contributed by atoms with Crippen LogP contribution in [0.5, 0.6) is 0 Å². The molecule has 102 valence electrons. The van der Waals surface area contributed by atoms with Gasteiger partial charge in [-0.25, -0.2) is 4.98 Å². The first-order valence-corrected chi connectivity index (χ1v) is 6.23. The van der Waals surface area contributed by atoms with Gasteiger partial charge in [-0.05, 0) is 34.1 Å². The fraction of sp³-hybridized carbons (Fsp3) is 0.250. The zero-order valence-electron chi connectivity index (χ0n) is 10.0. The Kier molecular flexibility index (Phi) is 3.84. The first-order valence-electron chi connectivity index (χ1n) is 5.44. The Hall–Kier alpha value is -1.50. The highest BCUT2D eigenvalue weighted by atomic mass is 79.9. The third-order valence-electron chi connectivity index (χ3n) is 2.67. The maximum absolute atomic E-state index is 12.6. The van der Waals surface area contributed by atoms with Crippen LogP contribution in [0.3, 0.4) is 0 Å². The lowest BCUT2D eigenvalue weighted by atomic mass is 10.2. The molecule has 0 bridgehead atoms. The lowest BCUT2D eigenvalue weighted by Gasteiger charge is -2.12. The monoisotopic (exact) mass is 333 g/mol. The highest BCUT2D eigenvalue weighted by Crippen LogP contribution is 2.34. The van der Waals surface area contributed by atoms with Gasteiger partial charge in [0, 0.05) is 23.4 Å². The molecule has 7 heteroatoms. The van der Waals surface area contributed by atoms with Crippen molar-refractivity contribution in [3.63, 3.8) is 0 Å². The van der Waals surface area contributed by atoms with Crippen LogP contribution in [0.25, 0.3) is 0 Å². The molecule has 1 N–H and O–H groups in total. The molecule has 0 aliphatic rings. The smallest absolute Gasteiger partial charge is 0.378 e. The van der Waals surface area contributed by atoms with Crippen LogP contribution < -0.4 is 5.32 Å². The standard InChI is InChI=1S/C12H11BrF3N3/c1-19-7-17-5-9(19)6-18-11-4-8(12(14,15)16)2-3-10(11)13/h2-5,7,18H,6H2,1H3. The number of nitrogens with one attached hydrogen (secondary N) is 1. The van der Waals surface area contributed by atoms with Crippen molar-refractivity contribution in [3.05, 3.63) is 46.5 Å². The van der Waals surface area contributed by atoms with Gasteiger partial charge >= 0.3 is 6.18 Å². The average molecular weight is 334 g/mol. The third kappa shape index (κ3) is 3.28. The molecule has 1 heterocycles. The molecule has 0 spiro atoms. The van der Waals surface area contributed by atoms with Gasteiger partial charge in [0.25, 0.3) is 0 Å². The fourth-order valence-electron chi connectivity index (χ4n) is 1.58. The highest BCUT2D eigenvalue weighted by Gasteiger charge is 2.30. The van der Waals surface area contributed by atoms with Gasteiger partial charge in [-0.3, -0.25) is 0 Å².